The van der Waals surface area contributed by atoms with Crippen molar-refractivity contribution in [1.82, 2.24) is 4.90 Å². The number of hydrogen-bond donors (Lipinski definition) is 0. The standard InChI is InChI=1S/C15H20BrNO2/c1-17(10-11-7-13(16)8-11)15(18)9-12-5-3-4-6-14(12)19-2/h3-6,11,13H,7-10H2,1-2H3. The lowest BCUT2D eigenvalue weighted by Crippen LogP contribution is -2.38. The quantitative estimate of drug-likeness (QED) is 0.779. The van der Waals surface area contributed by atoms with Gasteiger partial charge in [0.1, 0.15) is 5.75 Å². The zero-order valence-electron chi connectivity index (χ0n) is 11.4. The molecule has 1 aliphatic carbocycles. The van der Waals surface area contributed by atoms with Crippen LogP contribution in [0, 0.1) is 5.92 Å². The van der Waals surface area contributed by atoms with Crippen molar-refractivity contribution in [1.29, 1.82) is 0 Å². The Morgan fingerprint density at radius 2 is 2.11 bits per heavy atom. The highest BCUT2D eigenvalue weighted by molar-refractivity contribution is 9.09. The van der Waals surface area contributed by atoms with E-state index >= 15 is 0 Å². The van der Waals surface area contributed by atoms with Gasteiger partial charge in [-0.3, -0.25) is 4.79 Å². The molecule has 0 aromatic heterocycles. The summed E-state index contributed by atoms with van der Waals surface area (Å²) >= 11 is 3.58. The van der Waals surface area contributed by atoms with Crippen molar-refractivity contribution in [3.8, 4) is 5.75 Å². The normalized spacial score (nSPS) is 21.6. The molecule has 0 atom stereocenters. The molecule has 1 aromatic carbocycles. The van der Waals surface area contributed by atoms with Gasteiger partial charge in [0.2, 0.25) is 5.91 Å². The molecule has 0 heterocycles. The molecule has 3 nitrogen and oxygen atoms in total. The van der Waals surface area contributed by atoms with Gasteiger partial charge in [0.15, 0.2) is 0 Å². The Hall–Kier alpha value is -1.03. The summed E-state index contributed by atoms with van der Waals surface area (Å²) in [6, 6.07) is 7.69. The van der Waals surface area contributed by atoms with Gasteiger partial charge in [-0.05, 0) is 24.8 Å². The van der Waals surface area contributed by atoms with Gasteiger partial charge in [-0.1, -0.05) is 34.1 Å². The molecule has 0 spiro atoms. The minimum absolute atomic E-state index is 0.155. The number of amides is 1. The van der Waals surface area contributed by atoms with Gasteiger partial charge in [0.05, 0.1) is 13.5 Å². The SMILES string of the molecule is COc1ccccc1CC(=O)N(C)CC1CC(Br)C1. The van der Waals surface area contributed by atoms with Crippen molar-refractivity contribution in [3.63, 3.8) is 0 Å². The van der Waals surface area contributed by atoms with Crippen molar-refractivity contribution >= 4 is 21.8 Å². The van der Waals surface area contributed by atoms with Crippen molar-refractivity contribution in [2.75, 3.05) is 20.7 Å². The number of ether oxygens (including phenoxy) is 1. The third-order valence-corrected chi connectivity index (χ3v) is 4.42. The smallest absolute Gasteiger partial charge is 0.226 e. The molecule has 4 heteroatoms. The van der Waals surface area contributed by atoms with Crippen molar-refractivity contribution in [2.24, 2.45) is 5.92 Å². The van der Waals surface area contributed by atoms with Crippen molar-refractivity contribution in [2.45, 2.75) is 24.1 Å². The van der Waals surface area contributed by atoms with Gasteiger partial charge in [-0.15, -0.1) is 0 Å². The Kier molecular flexibility index (Phi) is 4.86. The number of halogens is 1. The van der Waals surface area contributed by atoms with E-state index in [-0.39, 0.29) is 5.91 Å². The molecule has 104 valence electrons. The highest BCUT2D eigenvalue weighted by Crippen LogP contribution is 2.33. The summed E-state index contributed by atoms with van der Waals surface area (Å²) in [6.07, 6.45) is 2.75. The molecule has 1 amide bonds. The summed E-state index contributed by atoms with van der Waals surface area (Å²) in [7, 11) is 3.52. The summed E-state index contributed by atoms with van der Waals surface area (Å²) in [5.74, 6) is 1.59. The molecule has 2 rings (SSSR count). The number of carbonyl (C=O) groups is 1. The van der Waals surface area contributed by atoms with Gasteiger partial charge in [0.25, 0.3) is 0 Å². The maximum atomic E-state index is 12.2. The lowest BCUT2D eigenvalue weighted by atomic mass is 9.85. The largest absolute Gasteiger partial charge is 0.496 e. The summed E-state index contributed by atoms with van der Waals surface area (Å²) in [5.41, 5.74) is 0.953. The average molecular weight is 326 g/mol. The molecule has 0 N–H and O–H groups in total. The fourth-order valence-corrected chi connectivity index (χ4v) is 3.50. The van der Waals surface area contributed by atoms with E-state index in [9.17, 15) is 4.79 Å². The van der Waals surface area contributed by atoms with Crippen LogP contribution in [0.5, 0.6) is 5.75 Å². The summed E-state index contributed by atoms with van der Waals surface area (Å²) in [6.45, 7) is 0.857. The van der Waals surface area contributed by atoms with Gasteiger partial charge < -0.3 is 9.64 Å². The number of benzene rings is 1. The Balaban J connectivity index is 1.89. The number of methoxy groups -OCH3 is 1. The number of rotatable bonds is 5. The van der Waals surface area contributed by atoms with Crippen LogP contribution < -0.4 is 4.74 Å². The third kappa shape index (κ3) is 3.72. The summed E-state index contributed by atoms with van der Waals surface area (Å²) in [5, 5.41) is 0. The molecule has 0 bridgehead atoms. The van der Waals surface area contributed by atoms with Gasteiger partial charge in [0, 0.05) is 24.0 Å². The molecule has 0 saturated heterocycles. The van der Waals surface area contributed by atoms with Crippen LogP contribution in [0.2, 0.25) is 0 Å². The van der Waals surface area contributed by atoms with Crippen LogP contribution in [0.1, 0.15) is 18.4 Å². The van der Waals surface area contributed by atoms with Gasteiger partial charge in [-0.2, -0.15) is 0 Å². The van der Waals surface area contributed by atoms with Crippen LogP contribution in [0.3, 0.4) is 0 Å². The van der Waals surface area contributed by atoms with Crippen LogP contribution in [-0.4, -0.2) is 36.3 Å². The van der Waals surface area contributed by atoms with E-state index in [1.54, 1.807) is 7.11 Å². The second kappa shape index (κ2) is 6.42. The predicted molar refractivity (Wildman–Crippen MR) is 79.8 cm³/mol. The minimum atomic E-state index is 0.155. The first-order valence-electron chi connectivity index (χ1n) is 6.60. The highest BCUT2D eigenvalue weighted by Gasteiger charge is 2.28. The third-order valence-electron chi connectivity index (χ3n) is 3.67. The lowest BCUT2D eigenvalue weighted by molar-refractivity contribution is -0.130. The second-order valence-electron chi connectivity index (χ2n) is 5.20. The molecular formula is C15H20BrNO2. The number of carbonyl (C=O) groups excluding carboxylic acids is 1. The topological polar surface area (TPSA) is 29.5 Å². The first-order valence-corrected chi connectivity index (χ1v) is 7.51. The van der Waals surface area contributed by atoms with E-state index < -0.39 is 0 Å². The minimum Gasteiger partial charge on any atom is -0.496 e. The van der Waals surface area contributed by atoms with Gasteiger partial charge in [-0.25, -0.2) is 0 Å². The molecule has 1 aliphatic rings. The first kappa shape index (κ1) is 14.4. The molecule has 0 unspecified atom stereocenters. The lowest BCUT2D eigenvalue weighted by Gasteiger charge is -2.34. The van der Waals surface area contributed by atoms with Crippen LogP contribution in [-0.2, 0) is 11.2 Å². The summed E-state index contributed by atoms with van der Waals surface area (Å²) < 4.78 is 5.28. The van der Waals surface area contributed by atoms with Gasteiger partial charge >= 0.3 is 0 Å². The molecule has 19 heavy (non-hydrogen) atoms. The fraction of sp³-hybridized carbons (Fsp3) is 0.533. The number of nitrogens with zero attached hydrogens (tertiary/aromatic N) is 1. The summed E-state index contributed by atoms with van der Waals surface area (Å²) in [4.78, 5) is 14.7. The van der Waals surface area contributed by atoms with E-state index in [2.05, 4.69) is 15.9 Å². The zero-order valence-corrected chi connectivity index (χ0v) is 13.0. The molecule has 1 fully saturated rings. The number of para-hydroxylation sites is 1. The maximum absolute atomic E-state index is 12.2. The Morgan fingerprint density at radius 1 is 1.42 bits per heavy atom. The molecule has 1 saturated carbocycles. The maximum Gasteiger partial charge on any atom is 0.226 e. The van der Waals surface area contributed by atoms with E-state index in [0.29, 0.717) is 17.2 Å². The highest BCUT2D eigenvalue weighted by atomic mass is 79.9. The fourth-order valence-electron chi connectivity index (χ4n) is 2.44. The Bertz CT molecular complexity index is 444. The van der Waals surface area contributed by atoms with E-state index in [1.807, 2.05) is 36.2 Å². The van der Waals surface area contributed by atoms with Crippen molar-refractivity contribution < 1.29 is 9.53 Å². The van der Waals surface area contributed by atoms with Crippen LogP contribution in [0.4, 0.5) is 0 Å². The Labute approximate surface area is 123 Å². The number of likely N-dealkylation sites (N-methyl/N-ethyl adjacent to an activating group) is 1. The Morgan fingerprint density at radius 3 is 2.74 bits per heavy atom. The monoisotopic (exact) mass is 325 g/mol. The van der Waals surface area contributed by atoms with Crippen LogP contribution >= 0.6 is 15.9 Å². The number of hydrogen-bond acceptors (Lipinski definition) is 2. The van der Waals surface area contributed by atoms with E-state index in [0.717, 1.165) is 17.9 Å². The van der Waals surface area contributed by atoms with E-state index in [4.69, 9.17) is 4.74 Å². The first-order chi connectivity index (χ1) is 9.10. The van der Waals surface area contributed by atoms with Crippen LogP contribution in [0.25, 0.3) is 0 Å². The van der Waals surface area contributed by atoms with Crippen LogP contribution in [0.15, 0.2) is 24.3 Å². The second-order valence-corrected chi connectivity index (χ2v) is 6.49. The van der Waals surface area contributed by atoms with Crippen molar-refractivity contribution in [3.05, 3.63) is 29.8 Å². The molecule has 0 aliphatic heterocycles. The zero-order chi connectivity index (χ0) is 13.8. The average Bonchev–Trinajstić information content (AvgIpc) is 2.37. The molecular weight excluding hydrogens is 306 g/mol. The molecule has 0 radical (unpaired) electrons. The number of alkyl halides is 1. The predicted octanol–water partition coefficient (Wildman–Crippen LogP) is 2.87. The van der Waals surface area contributed by atoms with E-state index in [1.165, 1.54) is 12.8 Å². The molecule has 1 aromatic rings.